The average Bonchev–Trinajstić information content (AvgIpc) is 2.44. The molecule has 1 aliphatic rings. The highest BCUT2D eigenvalue weighted by Crippen LogP contribution is 2.26. The molecule has 0 bridgehead atoms. The number of anilines is 1. The molecule has 1 fully saturated rings. The minimum atomic E-state index is -0.445. The molecule has 0 aliphatic carbocycles. The molecule has 1 heterocycles. The summed E-state index contributed by atoms with van der Waals surface area (Å²) in [4.78, 5) is 14.1. The zero-order chi connectivity index (χ0) is 17.9. The molecule has 1 aromatic rings. The van der Waals surface area contributed by atoms with Crippen LogP contribution >= 0.6 is 11.6 Å². The molecule has 134 valence electrons. The van der Waals surface area contributed by atoms with Gasteiger partial charge in [0.05, 0.1) is 0 Å². The van der Waals surface area contributed by atoms with Gasteiger partial charge in [-0.25, -0.2) is 4.79 Å². The fraction of sp³-hybridized carbons (Fsp3) is 0.632. The quantitative estimate of drug-likeness (QED) is 0.830. The van der Waals surface area contributed by atoms with Gasteiger partial charge in [0.25, 0.3) is 0 Å². The van der Waals surface area contributed by atoms with Gasteiger partial charge in [0, 0.05) is 30.3 Å². The van der Waals surface area contributed by atoms with Crippen LogP contribution in [0.2, 0.25) is 5.02 Å². The highest BCUT2D eigenvalue weighted by atomic mass is 35.5. The fourth-order valence-corrected chi connectivity index (χ4v) is 3.49. The zero-order valence-corrected chi connectivity index (χ0v) is 16.2. The molecular weight excluding hydrogens is 324 g/mol. The Morgan fingerprint density at radius 3 is 2.54 bits per heavy atom. The second kappa shape index (κ2) is 7.64. The van der Waals surface area contributed by atoms with E-state index >= 15 is 0 Å². The fourth-order valence-electron chi connectivity index (χ4n) is 3.16. The lowest BCUT2D eigenvalue weighted by Gasteiger charge is -2.34. The number of amides is 1. The van der Waals surface area contributed by atoms with Gasteiger partial charge in [0.1, 0.15) is 5.60 Å². The molecule has 4 nitrogen and oxygen atoms in total. The number of nitrogens with one attached hydrogen (secondary N) is 1. The minimum Gasteiger partial charge on any atom is -0.444 e. The van der Waals surface area contributed by atoms with E-state index in [9.17, 15) is 4.79 Å². The smallest absolute Gasteiger partial charge is 0.410 e. The van der Waals surface area contributed by atoms with Crippen molar-refractivity contribution >= 4 is 23.4 Å². The van der Waals surface area contributed by atoms with E-state index in [1.807, 2.05) is 37.8 Å². The van der Waals surface area contributed by atoms with Gasteiger partial charge >= 0.3 is 6.09 Å². The number of nitrogens with zero attached hydrogens (tertiary/aromatic N) is 1. The monoisotopic (exact) mass is 352 g/mol. The Hall–Kier alpha value is -1.42. The summed E-state index contributed by atoms with van der Waals surface area (Å²) in [6, 6.07) is 3.95. The molecule has 0 saturated carbocycles. The van der Waals surface area contributed by atoms with Crippen molar-refractivity contribution in [1.82, 2.24) is 4.90 Å². The van der Waals surface area contributed by atoms with Crippen LogP contribution in [0.15, 0.2) is 12.1 Å². The van der Waals surface area contributed by atoms with Crippen molar-refractivity contribution in [2.75, 3.05) is 25.0 Å². The average molecular weight is 353 g/mol. The van der Waals surface area contributed by atoms with Crippen LogP contribution in [0.5, 0.6) is 0 Å². The van der Waals surface area contributed by atoms with Gasteiger partial charge in [0.2, 0.25) is 0 Å². The Morgan fingerprint density at radius 2 is 1.96 bits per heavy atom. The number of hydrogen-bond acceptors (Lipinski definition) is 3. The molecule has 1 amide bonds. The van der Waals surface area contributed by atoms with E-state index in [1.165, 1.54) is 0 Å². The summed E-state index contributed by atoms with van der Waals surface area (Å²) in [6.07, 6.45) is 1.94. The standard InChI is InChI=1S/C19H29ClN2O2/c1-13-9-16(20)10-14(2)17(13)21-11-15-7-6-8-22(12-15)18(23)24-19(3,4)5/h9-10,15,21H,6-8,11-12H2,1-5H3. The number of aryl methyl sites for hydroxylation is 2. The van der Waals surface area contributed by atoms with Crippen molar-refractivity contribution in [3.63, 3.8) is 0 Å². The topological polar surface area (TPSA) is 41.6 Å². The van der Waals surface area contributed by atoms with Crippen LogP contribution < -0.4 is 5.32 Å². The van der Waals surface area contributed by atoms with Crippen molar-refractivity contribution in [3.8, 4) is 0 Å². The van der Waals surface area contributed by atoms with Crippen LogP contribution in [0.25, 0.3) is 0 Å². The van der Waals surface area contributed by atoms with Crippen LogP contribution in [0.4, 0.5) is 10.5 Å². The van der Waals surface area contributed by atoms with E-state index in [2.05, 4.69) is 19.2 Å². The first-order valence-corrected chi connectivity index (χ1v) is 9.02. The van der Waals surface area contributed by atoms with E-state index in [4.69, 9.17) is 16.3 Å². The summed E-state index contributed by atoms with van der Waals surface area (Å²) in [7, 11) is 0. The molecule has 2 rings (SSSR count). The summed E-state index contributed by atoms with van der Waals surface area (Å²) < 4.78 is 5.49. The number of carbonyl (C=O) groups excluding carboxylic acids is 1. The summed E-state index contributed by atoms with van der Waals surface area (Å²) in [5, 5.41) is 4.32. The number of hydrogen-bond donors (Lipinski definition) is 1. The van der Waals surface area contributed by atoms with Crippen molar-refractivity contribution in [1.29, 1.82) is 0 Å². The number of benzene rings is 1. The van der Waals surface area contributed by atoms with Gasteiger partial charge in [-0.3, -0.25) is 0 Å². The lowest BCUT2D eigenvalue weighted by molar-refractivity contribution is 0.0172. The lowest BCUT2D eigenvalue weighted by Crippen LogP contribution is -2.44. The number of likely N-dealkylation sites (tertiary alicyclic amines) is 1. The third-order valence-electron chi connectivity index (χ3n) is 4.24. The summed E-state index contributed by atoms with van der Waals surface area (Å²) in [5.41, 5.74) is 3.01. The Balaban J connectivity index is 1.93. The summed E-state index contributed by atoms with van der Waals surface area (Å²) in [5.74, 6) is 0.431. The third kappa shape index (κ3) is 5.30. The van der Waals surface area contributed by atoms with Gasteiger partial charge in [-0.15, -0.1) is 0 Å². The predicted octanol–water partition coefficient (Wildman–Crippen LogP) is 5.02. The van der Waals surface area contributed by atoms with E-state index in [0.29, 0.717) is 5.92 Å². The molecule has 24 heavy (non-hydrogen) atoms. The molecule has 0 radical (unpaired) electrons. The Labute approximate surface area is 150 Å². The van der Waals surface area contributed by atoms with Crippen LogP contribution in [0.3, 0.4) is 0 Å². The van der Waals surface area contributed by atoms with E-state index in [-0.39, 0.29) is 6.09 Å². The maximum atomic E-state index is 12.2. The number of piperidine rings is 1. The lowest BCUT2D eigenvalue weighted by atomic mass is 9.97. The largest absolute Gasteiger partial charge is 0.444 e. The Kier molecular flexibility index (Phi) is 6.02. The van der Waals surface area contributed by atoms with Crippen molar-refractivity contribution < 1.29 is 9.53 Å². The van der Waals surface area contributed by atoms with Crippen molar-refractivity contribution in [2.45, 2.75) is 53.1 Å². The van der Waals surface area contributed by atoms with Gasteiger partial charge in [-0.2, -0.15) is 0 Å². The molecule has 0 spiro atoms. The molecule has 1 aromatic carbocycles. The van der Waals surface area contributed by atoms with Crippen molar-refractivity contribution in [3.05, 3.63) is 28.3 Å². The second-order valence-corrected chi connectivity index (χ2v) is 8.17. The number of ether oxygens (including phenoxy) is 1. The SMILES string of the molecule is Cc1cc(Cl)cc(C)c1NCC1CCCN(C(=O)OC(C)(C)C)C1. The molecule has 1 N–H and O–H groups in total. The van der Waals surface area contributed by atoms with Crippen LogP contribution in [0.1, 0.15) is 44.7 Å². The highest BCUT2D eigenvalue weighted by molar-refractivity contribution is 6.30. The molecule has 0 aromatic heterocycles. The van der Waals surface area contributed by atoms with Crippen molar-refractivity contribution in [2.24, 2.45) is 5.92 Å². The number of carbonyl (C=O) groups is 1. The van der Waals surface area contributed by atoms with E-state index < -0.39 is 5.60 Å². The molecule has 1 atom stereocenters. The maximum absolute atomic E-state index is 12.2. The molecule has 1 aliphatic heterocycles. The van der Waals surface area contributed by atoms with Crippen LogP contribution in [0, 0.1) is 19.8 Å². The highest BCUT2D eigenvalue weighted by Gasteiger charge is 2.27. The molecule has 1 unspecified atom stereocenters. The zero-order valence-electron chi connectivity index (χ0n) is 15.4. The Bertz CT molecular complexity index is 573. The first-order chi connectivity index (χ1) is 11.2. The minimum absolute atomic E-state index is 0.203. The molecule has 1 saturated heterocycles. The molecule has 5 heteroatoms. The third-order valence-corrected chi connectivity index (χ3v) is 4.45. The second-order valence-electron chi connectivity index (χ2n) is 7.73. The normalized spacial score (nSPS) is 18.4. The number of halogens is 1. The summed E-state index contributed by atoms with van der Waals surface area (Å²) >= 11 is 6.09. The molecular formula is C19H29ClN2O2. The first kappa shape index (κ1) is 18.9. The van der Waals surface area contributed by atoms with Gasteiger partial charge in [-0.1, -0.05) is 11.6 Å². The van der Waals surface area contributed by atoms with E-state index in [0.717, 1.165) is 54.3 Å². The first-order valence-electron chi connectivity index (χ1n) is 8.64. The van der Waals surface area contributed by atoms with E-state index in [1.54, 1.807) is 0 Å². The predicted molar refractivity (Wildman–Crippen MR) is 99.9 cm³/mol. The van der Waals surface area contributed by atoms with Gasteiger partial charge in [0.15, 0.2) is 0 Å². The van der Waals surface area contributed by atoms with Gasteiger partial charge < -0.3 is 15.0 Å². The Morgan fingerprint density at radius 1 is 1.33 bits per heavy atom. The maximum Gasteiger partial charge on any atom is 0.410 e. The van der Waals surface area contributed by atoms with Gasteiger partial charge in [-0.05, 0) is 76.6 Å². The number of rotatable bonds is 3. The van der Waals surface area contributed by atoms with Crippen LogP contribution in [-0.4, -0.2) is 36.2 Å². The van der Waals surface area contributed by atoms with Crippen LogP contribution in [-0.2, 0) is 4.74 Å². The summed E-state index contributed by atoms with van der Waals surface area (Å²) in [6.45, 7) is 12.2.